The van der Waals surface area contributed by atoms with E-state index in [0.29, 0.717) is 0 Å². The Morgan fingerprint density at radius 1 is 1.27 bits per heavy atom. The molecule has 0 amide bonds. The molecule has 0 atom stereocenters. The minimum Gasteiger partial charge on any atom is -0.133 e. The molecule has 0 nitrogen and oxygen atoms in total. The van der Waals surface area contributed by atoms with Crippen LogP contribution in [0.2, 0.25) is 0 Å². The summed E-state index contributed by atoms with van der Waals surface area (Å²) in [5.74, 6) is 0. The van der Waals surface area contributed by atoms with Gasteiger partial charge in [0.1, 0.15) is 0 Å². The van der Waals surface area contributed by atoms with E-state index in [4.69, 9.17) is 0 Å². The fraction of sp³-hybridized carbons (Fsp3) is 0.556. The molecule has 62 valence electrons. The minimum atomic E-state index is 1.24. The van der Waals surface area contributed by atoms with Crippen molar-refractivity contribution < 1.29 is 0 Å². The van der Waals surface area contributed by atoms with Crippen molar-refractivity contribution in [3.8, 4) is 0 Å². The zero-order valence-corrected chi connectivity index (χ0v) is 8.73. The Balaban J connectivity index is 2.76. The van der Waals surface area contributed by atoms with Gasteiger partial charge in [-0.15, -0.1) is 23.5 Å². The zero-order chi connectivity index (χ0) is 8.10. The Morgan fingerprint density at radius 2 is 2.09 bits per heavy atom. The minimum absolute atomic E-state index is 1.24. The Bertz CT molecular complexity index is 180. The molecule has 0 unspecified atom stereocenters. The molecule has 0 aromatic heterocycles. The predicted molar refractivity (Wildman–Crippen MR) is 57.0 cm³/mol. The highest BCUT2D eigenvalue weighted by Gasteiger charge is 2.04. The standard InChI is InChI=1S/C9H14S2/c1-10-8-6-4-3-5-7-9(8)11-2/h4,6H,3,5,7H2,1-2H3. The highest BCUT2D eigenvalue weighted by atomic mass is 32.2. The molecule has 0 saturated heterocycles. The maximum Gasteiger partial charge on any atom is 0.0161 e. The molecule has 1 rings (SSSR count). The maximum atomic E-state index is 2.29. The first kappa shape index (κ1) is 9.27. The molecule has 0 N–H and O–H groups in total. The Kier molecular flexibility index (Phi) is 4.16. The van der Waals surface area contributed by atoms with Gasteiger partial charge in [-0.25, -0.2) is 0 Å². The zero-order valence-electron chi connectivity index (χ0n) is 7.09. The van der Waals surface area contributed by atoms with E-state index in [1.807, 2.05) is 23.5 Å². The van der Waals surface area contributed by atoms with E-state index in [2.05, 4.69) is 24.7 Å². The van der Waals surface area contributed by atoms with Crippen LogP contribution in [-0.4, -0.2) is 12.5 Å². The smallest absolute Gasteiger partial charge is 0.0161 e. The Labute approximate surface area is 77.5 Å². The molecule has 1 aliphatic carbocycles. The van der Waals surface area contributed by atoms with Gasteiger partial charge in [-0.2, -0.15) is 0 Å². The second kappa shape index (κ2) is 4.94. The molecular weight excluding hydrogens is 172 g/mol. The topological polar surface area (TPSA) is 0 Å². The highest BCUT2D eigenvalue weighted by molar-refractivity contribution is 8.06. The first-order chi connectivity index (χ1) is 5.38. The van der Waals surface area contributed by atoms with E-state index in [1.54, 1.807) is 4.91 Å². The van der Waals surface area contributed by atoms with Crippen molar-refractivity contribution >= 4 is 23.5 Å². The molecule has 0 aromatic rings. The summed E-state index contributed by atoms with van der Waals surface area (Å²) in [5, 5.41) is 0. The molecule has 0 aromatic carbocycles. The van der Waals surface area contributed by atoms with Crippen molar-refractivity contribution in [2.45, 2.75) is 19.3 Å². The molecule has 0 saturated carbocycles. The van der Waals surface area contributed by atoms with Crippen LogP contribution in [-0.2, 0) is 0 Å². The summed E-state index contributed by atoms with van der Waals surface area (Å²) in [6.45, 7) is 0. The first-order valence-electron chi connectivity index (χ1n) is 3.86. The largest absolute Gasteiger partial charge is 0.133 e. The van der Waals surface area contributed by atoms with Crippen LogP contribution in [0.4, 0.5) is 0 Å². The summed E-state index contributed by atoms with van der Waals surface area (Å²) in [5.41, 5.74) is 0. The lowest BCUT2D eigenvalue weighted by Crippen LogP contribution is -1.79. The molecule has 11 heavy (non-hydrogen) atoms. The number of rotatable bonds is 2. The summed E-state index contributed by atoms with van der Waals surface area (Å²) in [4.78, 5) is 3.03. The third-order valence-electron chi connectivity index (χ3n) is 1.78. The molecule has 0 radical (unpaired) electrons. The van der Waals surface area contributed by atoms with E-state index >= 15 is 0 Å². The SMILES string of the molecule is CSC1=C(SC)CCCC=C1. The first-order valence-corrected chi connectivity index (χ1v) is 6.31. The van der Waals surface area contributed by atoms with Gasteiger partial charge in [-0.3, -0.25) is 0 Å². The number of hydrogen-bond donors (Lipinski definition) is 0. The molecule has 0 heterocycles. The summed E-state index contributed by atoms with van der Waals surface area (Å²) in [7, 11) is 0. The van der Waals surface area contributed by atoms with Crippen molar-refractivity contribution in [2.75, 3.05) is 12.5 Å². The second-order valence-corrected chi connectivity index (χ2v) is 4.24. The Morgan fingerprint density at radius 3 is 2.73 bits per heavy atom. The van der Waals surface area contributed by atoms with E-state index in [1.165, 1.54) is 24.2 Å². The van der Waals surface area contributed by atoms with Crippen molar-refractivity contribution in [2.24, 2.45) is 0 Å². The second-order valence-electron chi connectivity index (χ2n) is 2.49. The van der Waals surface area contributed by atoms with E-state index in [9.17, 15) is 0 Å². The van der Waals surface area contributed by atoms with Gasteiger partial charge in [0.25, 0.3) is 0 Å². The van der Waals surface area contributed by atoms with Gasteiger partial charge in [-0.05, 0) is 36.7 Å². The van der Waals surface area contributed by atoms with Crippen LogP contribution in [0.5, 0.6) is 0 Å². The van der Waals surface area contributed by atoms with Crippen LogP contribution < -0.4 is 0 Å². The van der Waals surface area contributed by atoms with Crippen molar-refractivity contribution in [1.29, 1.82) is 0 Å². The van der Waals surface area contributed by atoms with E-state index < -0.39 is 0 Å². The maximum absolute atomic E-state index is 2.29. The van der Waals surface area contributed by atoms with Gasteiger partial charge in [0.05, 0.1) is 0 Å². The number of hydrogen-bond acceptors (Lipinski definition) is 2. The molecule has 0 spiro atoms. The van der Waals surface area contributed by atoms with Crippen molar-refractivity contribution in [3.05, 3.63) is 22.0 Å². The highest BCUT2D eigenvalue weighted by Crippen LogP contribution is 2.31. The molecule has 0 aliphatic heterocycles. The van der Waals surface area contributed by atoms with Crippen molar-refractivity contribution in [1.82, 2.24) is 0 Å². The molecule has 1 aliphatic rings. The van der Waals surface area contributed by atoms with E-state index in [-0.39, 0.29) is 0 Å². The summed E-state index contributed by atoms with van der Waals surface area (Å²) < 4.78 is 0. The molecule has 0 fully saturated rings. The van der Waals surface area contributed by atoms with Crippen LogP contribution in [0.1, 0.15) is 19.3 Å². The van der Waals surface area contributed by atoms with Gasteiger partial charge < -0.3 is 0 Å². The fourth-order valence-electron chi connectivity index (χ4n) is 1.17. The van der Waals surface area contributed by atoms with Crippen LogP contribution in [0.3, 0.4) is 0 Å². The van der Waals surface area contributed by atoms with Gasteiger partial charge in [0.2, 0.25) is 0 Å². The Hall–Kier alpha value is 0.180. The lowest BCUT2D eigenvalue weighted by Gasteiger charge is -2.04. The number of allylic oxidation sites excluding steroid dienone is 3. The average Bonchev–Trinajstić information content (AvgIpc) is 2.27. The molecule has 2 heteroatoms. The predicted octanol–water partition coefficient (Wildman–Crippen LogP) is 3.66. The monoisotopic (exact) mass is 186 g/mol. The van der Waals surface area contributed by atoms with Gasteiger partial charge >= 0.3 is 0 Å². The summed E-state index contributed by atoms with van der Waals surface area (Å²) in [6.07, 6.45) is 12.7. The third kappa shape index (κ3) is 2.60. The average molecular weight is 186 g/mol. The summed E-state index contributed by atoms with van der Waals surface area (Å²) >= 11 is 3.76. The van der Waals surface area contributed by atoms with Crippen LogP contribution in [0.25, 0.3) is 0 Å². The van der Waals surface area contributed by atoms with Crippen LogP contribution in [0, 0.1) is 0 Å². The fourth-order valence-corrected chi connectivity index (χ4v) is 2.85. The van der Waals surface area contributed by atoms with Gasteiger partial charge in [-0.1, -0.05) is 12.2 Å². The summed E-state index contributed by atoms with van der Waals surface area (Å²) in [6, 6.07) is 0. The number of thioether (sulfide) groups is 2. The van der Waals surface area contributed by atoms with E-state index in [0.717, 1.165) is 0 Å². The molecular formula is C9H14S2. The lowest BCUT2D eigenvalue weighted by atomic mass is 10.2. The van der Waals surface area contributed by atoms with Crippen molar-refractivity contribution in [3.63, 3.8) is 0 Å². The van der Waals surface area contributed by atoms with Gasteiger partial charge in [0.15, 0.2) is 0 Å². The molecule has 0 bridgehead atoms. The quantitative estimate of drug-likeness (QED) is 0.645. The lowest BCUT2D eigenvalue weighted by molar-refractivity contribution is 0.868. The normalized spacial score (nSPS) is 18.7. The van der Waals surface area contributed by atoms with Crippen LogP contribution >= 0.6 is 23.5 Å². The van der Waals surface area contributed by atoms with Gasteiger partial charge in [0, 0.05) is 4.91 Å². The van der Waals surface area contributed by atoms with Crippen LogP contribution in [0.15, 0.2) is 22.0 Å². The third-order valence-corrected chi connectivity index (χ3v) is 3.65.